The summed E-state index contributed by atoms with van der Waals surface area (Å²) < 4.78 is 45.6. The van der Waals surface area contributed by atoms with Crippen LogP contribution in [0.3, 0.4) is 0 Å². The van der Waals surface area contributed by atoms with Crippen molar-refractivity contribution in [2.75, 3.05) is 5.32 Å². The first-order valence-electron chi connectivity index (χ1n) is 10.3. The number of imidazole rings is 1. The van der Waals surface area contributed by atoms with Crippen LogP contribution < -0.4 is 10.1 Å². The fraction of sp³-hybridized carbons (Fsp3) is 0.167. The zero-order chi connectivity index (χ0) is 24.3. The lowest BCUT2D eigenvalue weighted by Crippen LogP contribution is -2.14. The largest absolute Gasteiger partial charge is 0.439 e. The van der Waals surface area contributed by atoms with Crippen LogP contribution in [0.5, 0.6) is 11.6 Å². The van der Waals surface area contributed by atoms with Crippen molar-refractivity contribution in [3.05, 3.63) is 89.8 Å². The van der Waals surface area contributed by atoms with Gasteiger partial charge in [-0.05, 0) is 55.8 Å². The maximum atomic E-state index is 12.7. The molecule has 0 unspecified atom stereocenters. The second-order valence-electron chi connectivity index (χ2n) is 7.55. The molecule has 0 bridgehead atoms. The quantitative estimate of drug-likeness (QED) is 0.418. The van der Waals surface area contributed by atoms with Gasteiger partial charge in [-0.1, -0.05) is 12.1 Å². The van der Waals surface area contributed by atoms with Crippen molar-refractivity contribution in [3.63, 3.8) is 0 Å². The van der Waals surface area contributed by atoms with E-state index in [0.717, 1.165) is 23.5 Å². The van der Waals surface area contributed by atoms with E-state index in [1.165, 1.54) is 18.5 Å². The summed E-state index contributed by atoms with van der Waals surface area (Å²) in [4.78, 5) is 24.9. The normalized spacial score (nSPS) is 11.3. The number of rotatable bonds is 6. The monoisotopic (exact) mass is 467 g/mol. The molecular formula is C24H20F3N5O2. The SMILES string of the molecule is Cc1ncn(-c2cc(Oc3ccc(NC(=O)Cc4ccc(C(F)(F)F)cc4)cc3)ncn2)c1C. The number of amides is 1. The standard InChI is InChI=1S/C24H20F3N5O2/c1-15-16(2)32(14-30-15)21-12-23(29-13-28-21)34-20-9-7-19(8-10-20)31-22(33)11-17-3-5-18(6-4-17)24(25,26)27/h3-10,12-14H,11H2,1-2H3,(H,31,33). The minimum atomic E-state index is -4.41. The van der Waals surface area contributed by atoms with Gasteiger partial charge in [0.05, 0.1) is 17.7 Å². The molecule has 2 aromatic heterocycles. The number of benzene rings is 2. The van der Waals surface area contributed by atoms with Crippen molar-refractivity contribution in [1.29, 1.82) is 0 Å². The van der Waals surface area contributed by atoms with Crippen LogP contribution in [-0.2, 0) is 17.4 Å². The molecular weight excluding hydrogens is 447 g/mol. The zero-order valence-electron chi connectivity index (χ0n) is 18.3. The van der Waals surface area contributed by atoms with Gasteiger partial charge in [0.15, 0.2) is 0 Å². The third-order valence-corrected chi connectivity index (χ3v) is 5.13. The molecule has 0 saturated carbocycles. The smallest absolute Gasteiger partial charge is 0.416 e. The molecule has 0 aliphatic rings. The van der Waals surface area contributed by atoms with Crippen LogP contribution in [0, 0.1) is 13.8 Å². The molecule has 0 atom stereocenters. The summed E-state index contributed by atoms with van der Waals surface area (Å²) in [5.41, 5.74) is 2.11. The molecule has 0 aliphatic carbocycles. The summed E-state index contributed by atoms with van der Waals surface area (Å²) >= 11 is 0. The number of nitrogens with one attached hydrogen (secondary N) is 1. The van der Waals surface area contributed by atoms with E-state index in [1.54, 1.807) is 36.7 Å². The van der Waals surface area contributed by atoms with Gasteiger partial charge in [-0.3, -0.25) is 9.36 Å². The van der Waals surface area contributed by atoms with E-state index in [2.05, 4.69) is 20.3 Å². The summed E-state index contributed by atoms with van der Waals surface area (Å²) in [7, 11) is 0. The fourth-order valence-electron chi connectivity index (χ4n) is 3.18. The Hall–Kier alpha value is -4.21. The molecule has 34 heavy (non-hydrogen) atoms. The highest BCUT2D eigenvalue weighted by atomic mass is 19.4. The first-order valence-corrected chi connectivity index (χ1v) is 10.3. The molecule has 174 valence electrons. The highest BCUT2D eigenvalue weighted by Gasteiger charge is 2.29. The Kier molecular flexibility index (Phi) is 6.31. The molecule has 0 spiro atoms. The minimum absolute atomic E-state index is 0.0484. The lowest BCUT2D eigenvalue weighted by Gasteiger charge is -2.10. The Labute approximate surface area is 193 Å². The molecule has 1 N–H and O–H groups in total. The second-order valence-corrected chi connectivity index (χ2v) is 7.55. The summed E-state index contributed by atoms with van der Waals surface area (Å²) in [6, 6.07) is 12.9. The summed E-state index contributed by atoms with van der Waals surface area (Å²) in [6.45, 7) is 3.85. The summed E-state index contributed by atoms with van der Waals surface area (Å²) in [6.07, 6.45) is -1.38. The minimum Gasteiger partial charge on any atom is -0.439 e. The molecule has 0 fully saturated rings. The van der Waals surface area contributed by atoms with Gasteiger partial charge in [0, 0.05) is 17.4 Å². The average molecular weight is 467 g/mol. The topological polar surface area (TPSA) is 81.9 Å². The van der Waals surface area contributed by atoms with Gasteiger partial charge in [0.25, 0.3) is 0 Å². The number of nitrogens with zero attached hydrogens (tertiary/aromatic N) is 4. The number of hydrogen-bond acceptors (Lipinski definition) is 5. The lowest BCUT2D eigenvalue weighted by atomic mass is 10.1. The van der Waals surface area contributed by atoms with Crippen molar-refractivity contribution < 1.29 is 22.7 Å². The van der Waals surface area contributed by atoms with Crippen LogP contribution >= 0.6 is 0 Å². The predicted octanol–water partition coefficient (Wildman–Crippen LogP) is 5.27. The highest BCUT2D eigenvalue weighted by molar-refractivity contribution is 5.92. The van der Waals surface area contributed by atoms with Gasteiger partial charge in [-0.15, -0.1) is 0 Å². The molecule has 10 heteroatoms. The second kappa shape index (κ2) is 9.34. The average Bonchev–Trinajstić information content (AvgIpc) is 3.13. The molecule has 0 radical (unpaired) electrons. The van der Waals surface area contributed by atoms with Gasteiger partial charge < -0.3 is 10.1 Å². The van der Waals surface area contributed by atoms with Gasteiger partial charge in [-0.25, -0.2) is 15.0 Å². The fourth-order valence-corrected chi connectivity index (χ4v) is 3.18. The van der Waals surface area contributed by atoms with E-state index >= 15 is 0 Å². The maximum Gasteiger partial charge on any atom is 0.416 e. The predicted molar refractivity (Wildman–Crippen MR) is 119 cm³/mol. The van der Waals surface area contributed by atoms with Gasteiger partial charge in [-0.2, -0.15) is 13.2 Å². The van der Waals surface area contributed by atoms with Gasteiger partial charge in [0.2, 0.25) is 11.8 Å². The van der Waals surface area contributed by atoms with Crippen LogP contribution in [-0.4, -0.2) is 25.4 Å². The number of alkyl halides is 3. The Morgan fingerprint density at radius 3 is 2.32 bits per heavy atom. The number of hydrogen-bond donors (Lipinski definition) is 1. The number of carbonyl (C=O) groups is 1. The lowest BCUT2D eigenvalue weighted by molar-refractivity contribution is -0.137. The summed E-state index contributed by atoms with van der Waals surface area (Å²) in [5, 5.41) is 2.71. The summed E-state index contributed by atoms with van der Waals surface area (Å²) in [5.74, 6) is 1.12. The molecule has 7 nitrogen and oxygen atoms in total. The number of ether oxygens (including phenoxy) is 1. The van der Waals surface area contributed by atoms with E-state index in [-0.39, 0.29) is 12.3 Å². The van der Waals surface area contributed by atoms with Crippen molar-refractivity contribution in [3.8, 4) is 17.4 Å². The molecule has 4 rings (SSSR count). The third kappa shape index (κ3) is 5.40. The van der Waals surface area contributed by atoms with E-state index < -0.39 is 11.7 Å². The van der Waals surface area contributed by atoms with Crippen molar-refractivity contribution in [2.24, 2.45) is 0 Å². The number of carbonyl (C=O) groups excluding carboxylic acids is 1. The number of aryl methyl sites for hydroxylation is 1. The number of aromatic nitrogens is 4. The number of halogens is 3. The molecule has 0 aliphatic heterocycles. The Morgan fingerprint density at radius 1 is 1.00 bits per heavy atom. The van der Waals surface area contributed by atoms with Crippen molar-refractivity contribution in [2.45, 2.75) is 26.4 Å². The van der Waals surface area contributed by atoms with Gasteiger partial charge in [0.1, 0.15) is 24.2 Å². The maximum absolute atomic E-state index is 12.7. The first-order chi connectivity index (χ1) is 16.2. The Morgan fingerprint density at radius 2 is 1.71 bits per heavy atom. The molecule has 1 amide bonds. The molecule has 0 saturated heterocycles. The van der Waals surface area contributed by atoms with Crippen LogP contribution in [0.25, 0.3) is 5.82 Å². The Balaban J connectivity index is 1.37. The molecule has 2 aromatic carbocycles. The van der Waals surface area contributed by atoms with E-state index in [0.29, 0.717) is 28.7 Å². The van der Waals surface area contributed by atoms with Crippen LogP contribution in [0.15, 0.2) is 67.3 Å². The van der Waals surface area contributed by atoms with E-state index in [4.69, 9.17) is 4.74 Å². The van der Waals surface area contributed by atoms with Gasteiger partial charge >= 0.3 is 6.18 Å². The third-order valence-electron chi connectivity index (χ3n) is 5.13. The van der Waals surface area contributed by atoms with Crippen molar-refractivity contribution in [1.82, 2.24) is 19.5 Å². The molecule has 4 aromatic rings. The number of anilines is 1. The Bertz CT molecular complexity index is 1300. The van der Waals surface area contributed by atoms with E-state index in [9.17, 15) is 18.0 Å². The van der Waals surface area contributed by atoms with Crippen LogP contribution in [0.1, 0.15) is 22.5 Å². The first kappa shape index (κ1) is 23.0. The molecule has 2 heterocycles. The van der Waals surface area contributed by atoms with Crippen LogP contribution in [0.2, 0.25) is 0 Å². The van der Waals surface area contributed by atoms with Crippen molar-refractivity contribution >= 4 is 11.6 Å². The zero-order valence-corrected chi connectivity index (χ0v) is 18.3. The van der Waals surface area contributed by atoms with Crippen LogP contribution in [0.4, 0.5) is 18.9 Å². The van der Waals surface area contributed by atoms with E-state index in [1.807, 2.05) is 18.4 Å². The highest BCUT2D eigenvalue weighted by Crippen LogP contribution is 2.29.